The maximum Gasteiger partial charge on any atom is 0.126 e. The molecule has 0 aliphatic rings. The van der Waals surface area contributed by atoms with Crippen molar-refractivity contribution in [3.8, 4) is 23.0 Å². The third-order valence-corrected chi connectivity index (χ3v) is 13.2. The van der Waals surface area contributed by atoms with Crippen molar-refractivity contribution in [3.05, 3.63) is 97.1 Å². The first kappa shape index (κ1) is 28.0. The fourth-order valence-electron chi connectivity index (χ4n) is 4.85. The molecule has 4 aromatic rings. The second-order valence-electron chi connectivity index (χ2n) is 8.70. The molecule has 198 valence electrons. The Labute approximate surface area is 229 Å². The van der Waals surface area contributed by atoms with E-state index in [9.17, 15) is 0 Å². The Bertz CT molecular complexity index is 1130. The number of hydrogen-bond donors (Lipinski definition) is 0. The van der Waals surface area contributed by atoms with Gasteiger partial charge in [-0.2, -0.15) is 0 Å². The van der Waals surface area contributed by atoms with Gasteiger partial charge >= 0.3 is 0 Å². The highest BCUT2D eigenvalue weighted by Crippen LogP contribution is 2.61. The number of ether oxygens (including phenoxy) is 4. The lowest BCUT2D eigenvalue weighted by molar-refractivity contribution is 0.417. The van der Waals surface area contributed by atoms with Crippen LogP contribution in [0.1, 0.15) is 19.8 Å². The molecule has 0 amide bonds. The molecule has 0 N–H and O–H groups in total. The van der Waals surface area contributed by atoms with Crippen molar-refractivity contribution in [2.75, 3.05) is 28.4 Å². The average molecular weight is 547 g/mol. The molecule has 0 aromatic heterocycles. The van der Waals surface area contributed by atoms with Crippen molar-refractivity contribution in [2.45, 2.75) is 25.2 Å². The molecule has 4 rings (SSSR count). The predicted octanol–water partition coefficient (Wildman–Crippen LogP) is 6.41. The van der Waals surface area contributed by atoms with Gasteiger partial charge in [0.25, 0.3) is 0 Å². The zero-order chi connectivity index (χ0) is 26.9. The summed E-state index contributed by atoms with van der Waals surface area (Å²) < 4.78 is 23.9. The van der Waals surface area contributed by atoms with E-state index in [4.69, 9.17) is 18.9 Å². The summed E-state index contributed by atoms with van der Waals surface area (Å²) in [4.78, 5) is 0. The fraction of sp³-hybridized carbons (Fsp3) is 0.250. The molecule has 0 saturated carbocycles. The van der Waals surface area contributed by atoms with Crippen molar-refractivity contribution in [1.29, 1.82) is 0 Å². The third-order valence-electron chi connectivity index (χ3n) is 6.52. The van der Waals surface area contributed by atoms with E-state index in [0.29, 0.717) is 0 Å². The molecular formula is C32H36O4P2. The van der Waals surface area contributed by atoms with E-state index >= 15 is 0 Å². The number of para-hydroxylation sites is 4. The summed E-state index contributed by atoms with van der Waals surface area (Å²) in [5.41, 5.74) is 0. The van der Waals surface area contributed by atoms with Crippen molar-refractivity contribution >= 4 is 37.1 Å². The van der Waals surface area contributed by atoms with Gasteiger partial charge in [0, 0.05) is 26.6 Å². The second-order valence-corrected chi connectivity index (χ2v) is 13.8. The van der Waals surface area contributed by atoms with E-state index in [2.05, 4.69) is 79.7 Å². The molecule has 0 bridgehead atoms. The standard InChI is InChI=1S/C32H36O4P2/c1-6-15-32(37(28-20-11-7-16-24(28)33-2)29-21-12-8-17-25(29)34-3)38(30-22-13-9-18-26(30)35-4)31-23-14-10-19-27(31)36-5/h7-14,16-23,32H,6,15H2,1-5H3. The van der Waals surface area contributed by atoms with Gasteiger partial charge in [-0.05, 0) is 46.5 Å². The molecule has 4 aromatic carbocycles. The molecule has 0 aliphatic heterocycles. The van der Waals surface area contributed by atoms with Crippen molar-refractivity contribution < 1.29 is 18.9 Å². The molecule has 0 unspecified atom stereocenters. The smallest absolute Gasteiger partial charge is 0.126 e. The van der Waals surface area contributed by atoms with Crippen molar-refractivity contribution in [1.82, 2.24) is 0 Å². The first-order valence-corrected chi connectivity index (χ1v) is 15.6. The lowest BCUT2D eigenvalue weighted by Gasteiger charge is -2.37. The molecule has 6 heteroatoms. The van der Waals surface area contributed by atoms with E-state index < -0.39 is 15.8 Å². The van der Waals surface area contributed by atoms with Gasteiger partial charge in [0.1, 0.15) is 23.0 Å². The summed E-state index contributed by atoms with van der Waals surface area (Å²) in [5, 5.41) is 5.11. The Morgan fingerprint density at radius 1 is 0.474 bits per heavy atom. The Kier molecular flexibility index (Phi) is 10.0. The molecule has 0 heterocycles. The minimum Gasteiger partial charge on any atom is -0.496 e. The third kappa shape index (κ3) is 5.83. The highest BCUT2D eigenvalue weighted by atomic mass is 31.2. The van der Waals surface area contributed by atoms with Crippen LogP contribution in [0.3, 0.4) is 0 Å². The predicted molar refractivity (Wildman–Crippen MR) is 163 cm³/mol. The summed E-state index contributed by atoms with van der Waals surface area (Å²) in [6.45, 7) is 2.27. The van der Waals surface area contributed by atoms with Crippen LogP contribution in [0.15, 0.2) is 97.1 Å². The van der Waals surface area contributed by atoms with Gasteiger partial charge in [-0.25, -0.2) is 0 Å². The number of rotatable bonds is 12. The zero-order valence-electron chi connectivity index (χ0n) is 22.8. The van der Waals surface area contributed by atoms with Crippen LogP contribution in [0.2, 0.25) is 0 Å². The Balaban J connectivity index is 2.07. The first-order chi connectivity index (χ1) is 18.7. The summed E-state index contributed by atoms with van der Waals surface area (Å²) in [6.07, 6.45) is 2.06. The van der Waals surface area contributed by atoms with Gasteiger partial charge in [-0.15, -0.1) is 0 Å². The average Bonchev–Trinajstić information content (AvgIpc) is 2.98. The summed E-state index contributed by atoms with van der Waals surface area (Å²) >= 11 is 0. The Hall–Kier alpha value is -3.06. The topological polar surface area (TPSA) is 36.9 Å². The van der Waals surface area contributed by atoms with E-state index in [1.54, 1.807) is 28.4 Å². The van der Waals surface area contributed by atoms with Crippen LogP contribution in [-0.4, -0.2) is 33.8 Å². The Morgan fingerprint density at radius 2 is 0.737 bits per heavy atom. The van der Waals surface area contributed by atoms with Crippen LogP contribution in [0, 0.1) is 0 Å². The van der Waals surface area contributed by atoms with E-state index in [1.807, 2.05) is 24.3 Å². The van der Waals surface area contributed by atoms with Gasteiger partial charge in [-0.1, -0.05) is 86.1 Å². The lowest BCUT2D eigenvalue weighted by Crippen LogP contribution is -2.29. The van der Waals surface area contributed by atoms with Crippen LogP contribution in [0.4, 0.5) is 0 Å². The molecule has 0 atom stereocenters. The molecule has 4 nitrogen and oxygen atoms in total. The van der Waals surface area contributed by atoms with Gasteiger partial charge < -0.3 is 18.9 Å². The number of hydrogen-bond acceptors (Lipinski definition) is 4. The molecule has 0 radical (unpaired) electrons. The molecular weight excluding hydrogens is 510 g/mol. The summed E-state index contributed by atoms with van der Waals surface area (Å²) in [6, 6.07) is 33.7. The van der Waals surface area contributed by atoms with Gasteiger partial charge in [-0.3, -0.25) is 0 Å². The minimum absolute atomic E-state index is 0.255. The molecule has 0 saturated heterocycles. The quantitative estimate of drug-likeness (QED) is 0.193. The van der Waals surface area contributed by atoms with Gasteiger partial charge in [0.15, 0.2) is 0 Å². The second kappa shape index (κ2) is 13.7. The molecule has 38 heavy (non-hydrogen) atoms. The zero-order valence-corrected chi connectivity index (χ0v) is 24.5. The van der Waals surface area contributed by atoms with E-state index in [1.165, 1.54) is 21.2 Å². The van der Waals surface area contributed by atoms with Crippen LogP contribution < -0.4 is 40.2 Å². The van der Waals surface area contributed by atoms with Crippen LogP contribution in [-0.2, 0) is 0 Å². The van der Waals surface area contributed by atoms with Crippen LogP contribution in [0.5, 0.6) is 23.0 Å². The van der Waals surface area contributed by atoms with Gasteiger partial charge in [0.05, 0.1) is 28.4 Å². The van der Waals surface area contributed by atoms with Crippen LogP contribution in [0.25, 0.3) is 0 Å². The number of benzene rings is 4. The summed E-state index contributed by atoms with van der Waals surface area (Å²) in [5.74, 6) is 3.61. The normalized spacial score (nSPS) is 11.2. The minimum atomic E-state index is -0.927. The van der Waals surface area contributed by atoms with Gasteiger partial charge in [0.2, 0.25) is 0 Å². The summed E-state index contributed by atoms with van der Waals surface area (Å²) in [7, 11) is 5.17. The number of methoxy groups -OCH3 is 4. The maximum atomic E-state index is 5.96. The fourth-order valence-corrected chi connectivity index (χ4v) is 12.7. The largest absolute Gasteiger partial charge is 0.496 e. The SMILES string of the molecule is CCCC(P(c1ccccc1OC)c1ccccc1OC)P(c1ccccc1OC)c1ccccc1OC. The highest BCUT2D eigenvalue weighted by molar-refractivity contribution is 7.90. The lowest BCUT2D eigenvalue weighted by atomic mass is 10.3. The molecule has 0 fully saturated rings. The highest BCUT2D eigenvalue weighted by Gasteiger charge is 2.38. The van der Waals surface area contributed by atoms with E-state index in [0.717, 1.165) is 35.8 Å². The first-order valence-electron chi connectivity index (χ1n) is 12.8. The van der Waals surface area contributed by atoms with Crippen molar-refractivity contribution in [3.63, 3.8) is 0 Å². The van der Waals surface area contributed by atoms with E-state index in [-0.39, 0.29) is 5.40 Å². The van der Waals surface area contributed by atoms with Crippen LogP contribution >= 0.6 is 15.8 Å². The molecule has 0 spiro atoms. The maximum absolute atomic E-state index is 5.96. The molecule has 0 aliphatic carbocycles. The monoisotopic (exact) mass is 546 g/mol. The Morgan fingerprint density at radius 3 is 0.974 bits per heavy atom. The van der Waals surface area contributed by atoms with Crippen molar-refractivity contribution in [2.24, 2.45) is 0 Å².